The van der Waals surface area contributed by atoms with Crippen LogP contribution < -0.4 is 5.32 Å². The van der Waals surface area contributed by atoms with E-state index >= 15 is 0 Å². The first kappa shape index (κ1) is 16.3. The van der Waals surface area contributed by atoms with Gasteiger partial charge in [-0.3, -0.25) is 4.98 Å². The second-order valence-corrected chi connectivity index (χ2v) is 5.17. The molecular formula is C13H18F2N2O3. The summed E-state index contributed by atoms with van der Waals surface area (Å²) in [5.74, 6) is -1.65. The maximum Gasteiger partial charge on any atom is 0.408 e. The zero-order valence-corrected chi connectivity index (χ0v) is 11.9. The SMILES string of the molecule is COC[C@@H](NC(=O)OC(C)(C)C)c1ncc(F)cc1F. The van der Waals surface area contributed by atoms with Crippen molar-refractivity contribution >= 4 is 6.09 Å². The van der Waals surface area contributed by atoms with Crippen LogP contribution in [0.25, 0.3) is 0 Å². The highest BCUT2D eigenvalue weighted by Crippen LogP contribution is 2.17. The van der Waals surface area contributed by atoms with Gasteiger partial charge < -0.3 is 14.8 Å². The van der Waals surface area contributed by atoms with Crippen molar-refractivity contribution in [2.24, 2.45) is 0 Å². The van der Waals surface area contributed by atoms with Crippen LogP contribution in [0.3, 0.4) is 0 Å². The molecular weight excluding hydrogens is 270 g/mol. The van der Waals surface area contributed by atoms with E-state index in [4.69, 9.17) is 9.47 Å². The Bertz CT molecular complexity index is 475. The Kier molecular flexibility index (Phi) is 5.38. The third kappa shape index (κ3) is 5.08. The summed E-state index contributed by atoms with van der Waals surface area (Å²) in [7, 11) is 1.39. The first-order chi connectivity index (χ1) is 9.23. The Morgan fingerprint density at radius 1 is 1.45 bits per heavy atom. The molecule has 112 valence electrons. The summed E-state index contributed by atoms with van der Waals surface area (Å²) in [5.41, 5.74) is -0.796. The molecule has 0 aliphatic carbocycles. The van der Waals surface area contributed by atoms with Gasteiger partial charge in [-0.25, -0.2) is 13.6 Å². The number of alkyl carbamates (subject to hydrolysis) is 1. The number of amides is 1. The van der Waals surface area contributed by atoms with E-state index in [2.05, 4.69) is 10.3 Å². The van der Waals surface area contributed by atoms with E-state index in [1.165, 1.54) is 7.11 Å². The number of hydrogen-bond acceptors (Lipinski definition) is 4. The maximum absolute atomic E-state index is 13.7. The number of hydrogen-bond donors (Lipinski definition) is 1. The van der Waals surface area contributed by atoms with Crippen LogP contribution in [0, 0.1) is 11.6 Å². The van der Waals surface area contributed by atoms with Crippen LogP contribution in [0.15, 0.2) is 12.3 Å². The number of carbonyl (C=O) groups is 1. The number of methoxy groups -OCH3 is 1. The van der Waals surface area contributed by atoms with E-state index in [1.54, 1.807) is 20.8 Å². The Morgan fingerprint density at radius 2 is 2.10 bits per heavy atom. The molecule has 0 spiro atoms. The summed E-state index contributed by atoms with van der Waals surface area (Å²) in [6, 6.07) is -0.169. The number of aromatic nitrogens is 1. The molecule has 0 aromatic carbocycles. The smallest absolute Gasteiger partial charge is 0.408 e. The normalized spacial score (nSPS) is 12.9. The fraction of sp³-hybridized carbons (Fsp3) is 0.538. The summed E-state index contributed by atoms with van der Waals surface area (Å²) in [5, 5.41) is 2.44. The molecule has 0 aliphatic rings. The fourth-order valence-electron chi connectivity index (χ4n) is 1.49. The number of nitrogens with zero attached hydrogens (tertiary/aromatic N) is 1. The first-order valence-corrected chi connectivity index (χ1v) is 6.02. The van der Waals surface area contributed by atoms with E-state index < -0.39 is 29.4 Å². The van der Waals surface area contributed by atoms with Crippen molar-refractivity contribution in [3.63, 3.8) is 0 Å². The Balaban J connectivity index is 2.86. The van der Waals surface area contributed by atoms with Crippen LogP contribution in [0.2, 0.25) is 0 Å². The van der Waals surface area contributed by atoms with Gasteiger partial charge in [0.2, 0.25) is 0 Å². The van der Waals surface area contributed by atoms with Crippen molar-refractivity contribution in [3.05, 3.63) is 29.6 Å². The summed E-state index contributed by atoms with van der Waals surface area (Å²) in [6.45, 7) is 5.09. The minimum Gasteiger partial charge on any atom is -0.444 e. The highest BCUT2D eigenvalue weighted by Gasteiger charge is 2.23. The van der Waals surface area contributed by atoms with Gasteiger partial charge in [-0.2, -0.15) is 0 Å². The van der Waals surface area contributed by atoms with Crippen LogP contribution in [-0.2, 0) is 9.47 Å². The number of halogens is 2. The number of nitrogens with one attached hydrogen (secondary N) is 1. The molecule has 0 saturated carbocycles. The highest BCUT2D eigenvalue weighted by molar-refractivity contribution is 5.68. The van der Waals surface area contributed by atoms with E-state index in [0.29, 0.717) is 6.07 Å². The molecule has 0 fully saturated rings. The molecule has 1 heterocycles. The fourth-order valence-corrected chi connectivity index (χ4v) is 1.49. The second-order valence-electron chi connectivity index (χ2n) is 5.17. The lowest BCUT2D eigenvalue weighted by Gasteiger charge is -2.23. The zero-order chi connectivity index (χ0) is 15.3. The minimum absolute atomic E-state index is 0.0191. The lowest BCUT2D eigenvalue weighted by Crippen LogP contribution is -2.37. The van der Waals surface area contributed by atoms with Crippen molar-refractivity contribution in [2.75, 3.05) is 13.7 Å². The van der Waals surface area contributed by atoms with Gasteiger partial charge in [-0.05, 0) is 20.8 Å². The summed E-state index contributed by atoms with van der Waals surface area (Å²) < 4.78 is 36.5. The molecule has 1 rings (SSSR count). The molecule has 0 unspecified atom stereocenters. The van der Waals surface area contributed by atoms with Crippen molar-refractivity contribution in [1.82, 2.24) is 10.3 Å². The molecule has 0 radical (unpaired) electrons. The summed E-state index contributed by atoms with van der Waals surface area (Å²) in [6.07, 6.45) is 0.141. The van der Waals surface area contributed by atoms with E-state index in [1.807, 2.05) is 0 Å². The second kappa shape index (κ2) is 6.60. The molecule has 5 nitrogen and oxygen atoms in total. The standard InChI is InChI=1S/C13H18F2N2O3/c1-13(2,3)20-12(18)17-10(7-19-4)11-9(15)5-8(14)6-16-11/h5-6,10H,7H2,1-4H3,(H,17,18)/t10-/m1/s1. The Hall–Kier alpha value is -1.76. The predicted molar refractivity (Wildman–Crippen MR) is 68.1 cm³/mol. The Morgan fingerprint density at radius 3 is 2.60 bits per heavy atom. The van der Waals surface area contributed by atoms with Crippen molar-refractivity contribution in [3.8, 4) is 0 Å². The van der Waals surface area contributed by atoms with E-state index in [0.717, 1.165) is 6.20 Å². The molecule has 1 N–H and O–H groups in total. The van der Waals surface area contributed by atoms with Crippen LogP contribution in [0.5, 0.6) is 0 Å². The molecule has 7 heteroatoms. The highest BCUT2D eigenvalue weighted by atomic mass is 19.1. The molecule has 1 amide bonds. The van der Waals surface area contributed by atoms with Gasteiger partial charge in [0.25, 0.3) is 0 Å². The van der Waals surface area contributed by atoms with Gasteiger partial charge in [0.15, 0.2) is 0 Å². The largest absolute Gasteiger partial charge is 0.444 e. The molecule has 1 aromatic heterocycles. The van der Waals surface area contributed by atoms with Crippen LogP contribution in [0.4, 0.5) is 13.6 Å². The maximum atomic E-state index is 13.7. The molecule has 0 saturated heterocycles. The minimum atomic E-state index is -0.865. The lowest BCUT2D eigenvalue weighted by atomic mass is 10.2. The van der Waals surface area contributed by atoms with Crippen molar-refractivity contribution in [2.45, 2.75) is 32.4 Å². The van der Waals surface area contributed by atoms with Gasteiger partial charge in [0.05, 0.1) is 12.8 Å². The molecule has 1 atom stereocenters. The molecule has 0 bridgehead atoms. The van der Waals surface area contributed by atoms with Crippen molar-refractivity contribution < 1.29 is 23.0 Å². The van der Waals surface area contributed by atoms with E-state index in [-0.39, 0.29) is 12.3 Å². The van der Waals surface area contributed by atoms with Crippen LogP contribution >= 0.6 is 0 Å². The zero-order valence-electron chi connectivity index (χ0n) is 11.9. The molecule has 1 aromatic rings. The van der Waals surface area contributed by atoms with Gasteiger partial charge in [0, 0.05) is 13.2 Å². The van der Waals surface area contributed by atoms with Crippen LogP contribution in [-0.4, -0.2) is 30.4 Å². The number of ether oxygens (including phenoxy) is 2. The number of rotatable bonds is 4. The number of pyridine rings is 1. The average Bonchev–Trinajstić information content (AvgIpc) is 2.25. The van der Waals surface area contributed by atoms with Crippen LogP contribution in [0.1, 0.15) is 32.5 Å². The monoisotopic (exact) mass is 288 g/mol. The third-order valence-corrected chi connectivity index (χ3v) is 2.19. The van der Waals surface area contributed by atoms with Gasteiger partial charge in [0.1, 0.15) is 29.0 Å². The topological polar surface area (TPSA) is 60.5 Å². The van der Waals surface area contributed by atoms with E-state index in [9.17, 15) is 13.6 Å². The summed E-state index contributed by atoms with van der Waals surface area (Å²) >= 11 is 0. The molecule has 20 heavy (non-hydrogen) atoms. The molecule has 0 aliphatic heterocycles. The van der Waals surface area contributed by atoms with Crippen molar-refractivity contribution in [1.29, 1.82) is 0 Å². The quantitative estimate of drug-likeness (QED) is 0.925. The van der Waals surface area contributed by atoms with Gasteiger partial charge in [-0.15, -0.1) is 0 Å². The lowest BCUT2D eigenvalue weighted by molar-refractivity contribution is 0.0464. The number of carbonyl (C=O) groups excluding carboxylic acids is 1. The predicted octanol–water partition coefficient (Wildman–Crippen LogP) is 2.57. The summed E-state index contributed by atoms with van der Waals surface area (Å²) in [4.78, 5) is 15.3. The average molecular weight is 288 g/mol. The first-order valence-electron chi connectivity index (χ1n) is 6.02. The van der Waals surface area contributed by atoms with Gasteiger partial charge in [-0.1, -0.05) is 0 Å². The van der Waals surface area contributed by atoms with Gasteiger partial charge >= 0.3 is 6.09 Å². The Labute approximate surface area is 116 Å². The third-order valence-electron chi connectivity index (χ3n) is 2.19.